The Morgan fingerprint density at radius 3 is 2.58 bits per heavy atom. The smallest absolute Gasteiger partial charge is 0.271 e. The summed E-state index contributed by atoms with van der Waals surface area (Å²) in [5.41, 5.74) is 3.37. The molecular formula is C17H19N3O4. The summed E-state index contributed by atoms with van der Waals surface area (Å²) in [6.45, 7) is 1.98. The number of carbonyl (C=O) groups excluding carboxylic acids is 2. The van der Waals surface area contributed by atoms with E-state index in [0.717, 1.165) is 0 Å². The fourth-order valence-corrected chi connectivity index (χ4v) is 1.89. The first kappa shape index (κ1) is 17.3. The quantitative estimate of drug-likeness (QED) is 0.601. The molecule has 0 unspecified atom stereocenters. The Bertz CT molecular complexity index is 706. The Labute approximate surface area is 139 Å². The zero-order chi connectivity index (χ0) is 17.4. The Morgan fingerprint density at radius 1 is 1.21 bits per heavy atom. The molecule has 0 saturated carbocycles. The van der Waals surface area contributed by atoms with Crippen LogP contribution in [0.1, 0.15) is 29.5 Å². The lowest BCUT2D eigenvalue weighted by atomic mass is 10.2. The second-order valence-corrected chi connectivity index (χ2v) is 5.05. The summed E-state index contributed by atoms with van der Waals surface area (Å²) in [4.78, 5) is 23.7. The molecule has 7 nitrogen and oxygen atoms in total. The summed E-state index contributed by atoms with van der Waals surface area (Å²) in [6.07, 6.45) is 1.63. The summed E-state index contributed by atoms with van der Waals surface area (Å²) >= 11 is 0. The van der Waals surface area contributed by atoms with E-state index in [-0.39, 0.29) is 18.2 Å². The second kappa shape index (κ2) is 8.52. The van der Waals surface area contributed by atoms with Gasteiger partial charge in [0.05, 0.1) is 26.3 Å². The lowest BCUT2D eigenvalue weighted by Crippen LogP contribution is -2.26. The molecule has 0 atom stereocenters. The first-order valence-corrected chi connectivity index (χ1v) is 7.35. The van der Waals surface area contributed by atoms with Gasteiger partial charge in [-0.05, 0) is 43.3 Å². The number of nitrogens with zero attached hydrogens (tertiary/aromatic N) is 1. The number of ether oxygens (including phenoxy) is 1. The molecule has 0 radical (unpaired) electrons. The van der Waals surface area contributed by atoms with Gasteiger partial charge in [-0.15, -0.1) is 0 Å². The van der Waals surface area contributed by atoms with Crippen molar-refractivity contribution in [3.8, 4) is 5.75 Å². The average molecular weight is 329 g/mol. The Balaban J connectivity index is 1.79. The zero-order valence-corrected chi connectivity index (χ0v) is 13.5. The summed E-state index contributed by atoms with van der Waals surface area (Å²) in [6, 6.07) is 10.2. The molecule has 0 bridgehead atoms. The van der Waals surface area contributed by atoms with Crippen LogP contribution in [0.5, 0.6) is 5.75 Å². The van der Waals surface area contributed by atoms with Crippen molar-refractivity contribution in [1.29, 1.82) is 0 Å². The number of benzene rings is 1. The van der Waals surface area contributed by atoms with Gasteiger partial charge >= 0.3 is 0 Å². The molecular weight excluding hydrogens is 310 g/mol. The molecule has 1 aromatic carbocycles. The third kappa shape index (κ3) is 5.28. The Hall–Kier alpha value is -3.09. The number of amides is 2. The van der Waals surface area contributed by atoms with Crippen molar-refractivity contribution in [2.45, 2.75) is 19.9 Å². The van der Waals surface area contributed by atoms with Crippen LogP contribution in [0.3, 0.4) is 0 Å². The fraction of sp³-hybridized carbons (Fsp3) is 0.235. The van der Waals surface area contributed by atoms with E-state index in [4.69, 9.17) is 9.15 Å². The lowest BCUT2D eigenvalue weighted by Gasteiger charge is -2.05. The molecule has 0 fully saturated rings. The molecule has 2 aromatic rings. The van der Waals surface area contributed by atoms with Gasteiger partial charge in [-0.1, -0.05) is 0 Å². The molecule has 0 saturated heterocycles. The van der Waals surface area contributed by atoms with Crippen LogP contribution in [-0.2, 0) is 11.3 Å². The van der Waals surface area contributed by atoms with Crippen molar-refractivity contribution in [3.63, 3.8) is 0 Å². The van der Waals surface area contributed by atoms with Crippen LogP contribution in [0.2, 0.25) is 0 Å². The van der Waals surface area contributed by atoms with Gasteiger partial charge in [0, 0.05) is 11.3 Å². The maximum atomic E-state index is 11.9. The normalized spacial score (nSPS) is 11.0. The molecule has 0 aliphatic rings. The molecule has 1 heterocycles. The second-order valence-electron chi connectivity index (χ2n) is 5.05. The van der Waals surface area contributed by atoms with Crippen LogP contribution in [0.4, 0.5) is 0 Å². The number of methoxy groups -OCH3 is 1. The summed E-state index contributed by atoms with van der Waals surface area (Å²) in [7, 11) is 1.56. The van der Waals surface area contributed by atoms with E-state index in [1.165, 1.54) is 0 Å². The predicted molar refractivity (Wildman–Crippen MR) is 88.7 cm³/mol. The van der Waals surface area contributed by atoms with E-state index in [1.54, 1.807) is 56.7 Å². The minimum absolute atomic E-state index is 0.0869. The minimum Gasteiger partial charge on any atom is -0.497 e. The highest BCUT2D eigenvalue weighted by Gasteiger charge is 2.07. The van der Waals surface area contributed by atoms with E-state index in [1.807, 2.05) is 0 Å². The molecule has 2 rings (SSSR count). The number of rotatable bonds is 7. The van der Waals surface area contributed by atoms with Crippen LogP contribution < -0.4 is 15.5 Å². The Kier molecular flexibility index (Phi) is 6.13. The Morgan fingerprint density at radius 2 is 1.96 bits per heavy atom. The van der Waals surface area contributed by atoms with E-state index in [0.29, 0.717) is 29.3 Å². The molecule has 2 amide bonds. The number of hydrogen-bond donors (Lipinski definition) is 2. The fourth-order valence-electron chi connectivity index (χ4n) is 1.89. The molecule has 126 valence electrons. The molecule has 0 spiro atoms. The first-order chi connectivity index (χ1) is 11.6. The maximum Gasteiger partial charge on any atom is 0.271 e. The highest BCUT2D eigenvalue weighted by atomic mass is 16.5. The van der Waals surface area contributed by atoms with Gasteiger partial charge in [-0.3, -0.25) is 9.59 Å². The van der Waals surface area contributed by atoms with Crippen LogP contribution in [-0.4, -0.2) is 24.6 Å². The summed E-state index contributed by atoms with van der Waals surface area (Å²) in [5.74, 6) is 0.782. The van der Waals surface area contributed by atoms with Crippen molar-refractivity contribution in [2.24, 2.45) is 5.10 Å². The van der Waals surface area contributed by atoms with E-state index >= 15 is 0 Å². The summed E-state index contributed by atoms with van der Waals surface area (Å²) in [5, 5.41) is 6.64. The molecule has 1 aromatic heterocycles. The number of nitrogens with one attached hydrogen (secondary N) is 2. The van der Waals surface area contributed by atoms with E-state index < -0.39 is 0 Å². The van der Waals surface area contributed by atoms with E-state index in [2.05, 4.69) is 15.8 Å². The zero-order valence-electron chi connectivity index (χ0n) is 13.5. The third-order valence-corrected chi connectivity index (χ3v) is 3.16. The topological polar surface area (TPSA) is 92.9 Å². The maximum absolute atomic E-state index is 11.9. The van der Waals surface area contributed by atoms with Gasteiger partial charge in [-0.2, -0.15) is 5.10 Å². The highest BCUT2D eigenvalue weighted by Crippen LogP contribution is 2.11. The van der Waals surface area contributed by atoms with Crippen molar-refractivity contribution >= 4 is 17.5 Å². The van der Waals surface area contributed by atoms with Crippen molar-refractivity contribution in [1.82, 2.24) is 10.7 Å². The van der Waals surface area contributed by atoms with Crippen LogP contribution in [0.25, 0.3) is 0 Å². The van der Waals surface area contributed by atoms with Crippen LogP contribution >= 0.6 is 0 Å². The molecule has 0 aliphatic heterocycles. The van der Waals surface area contributed by atoms with E-state index in [9.17, 15) is 9.59 Å². The van der Waals surface area contributed by atoms with Crippen molar-refractivity contribution in [3.05, 3.63) is 54.0 Å². The average Bonchev–Trinajstić information content (AvgIpc) is 3.11. The van der Waals surface area contributed by atoms with Gasteiger partial charge in [0.15, 0.2) is 0 Å². The van der Waals surface area contributed by atoms with Gasteiger partial charge in [0.25, 0.3) is 5.91 Å². The van der Waals surface area contributed by atoms with Crippen molar-refractivity contribution in [2.75, 3.05) is 7.11 Å². The predicted octanol–water partition coefficient (Wildman–Crippen LogP) is 2.10. The third-order valence-electron chi connectivity index (χ3n) is 3.16. The standard InChI is InChI=1S/C17H19N3O4/c1-12(10-16(21)18-11-15-4-3-9-24-15)19-20-17(22)13-5-7-14(23-2)8-6-13/h3-9H,10-11H2,1-2H3,(H,18,21)(H,20,22)/b19-12+. The lowest BCUT2D eigenvalue weighted by molar-refractivity contribution is -0.120. The van der Waals surface area contributed by atoms with Crippen LogP contribution in [0, 0.1) is 0 Å². The number of hydrogen-bond acceptors (Lipinski definition) is 5. The number of hydrazone groups is 1. The first-order valence-electron chi connectivity index (χ1n) is 7.35. The van der Waals surface area contributed by atoms with Gasteiger partial charge < -0.3 is 14.5 Å². The highest BCUT2D eigenvalue weighted by molar-refractivity contribution is 6.01. The van der Waals surface area contributed by atoms with Gasteiger partial charge in [-0.25, -0.2) is 5.43 Å². The molecule has 2 N–H and O–H groups in total. The minimum atomic E-state index is -0.354. The number of carbonyl (C=O) groups is 2. The SMILES string of the molecule is COc1ccc(C(=O)N/N=C(\C)CC(=O)NCc2ccco2)cc1. The molecule has 0 aliphatic carbocycles. The monoisotopic (exact) mass is 329 g/mol. The molecule has 7 heteroatoms. The van der Waals surface area contributed by atoms with Gasteiger partial charge in [0.2, 0.25) is 5.91 Å². The number of furan rings is 1. The summed E-state index contributed by atoms with van der Waals surface area (Å²) < 4.78 is 10.2. The van der Waals surface area contributed by atoms with Crippen LogP contribution in [0.15, 0.2) is 52.2 Å². The molecule has 24 heavy (non-hydrogen) atoms. The van der Waals surface area contributed by atoms with Gasteiger partial charge in [0.1, 0.15) is 11.5 Å². The largest absolute Gasteiger partial charge is 0.497 e. The van der Waals surface area contributed by atoms with Crippen molar-refractivity contribution < 1.29 is 18.7 Å².